The van der Waals surface area contributed by atoms with Crippen LogP contribution in [0.15, 0.2) is 39.9 Å². The molecule has 7 nitrogen and oxygen atoms in total. The van der Waals surface area contributed by atoms with Crippen LogP contribution < -0.4 is 10.6 Å². The third-order valence-electron chi connectivity index (χ3n) is 5.16. The number of benzene rings is 1. The molecule has 2 heterocycles. The predicted octanol–water partition coefficient (Wildman–Crippen LogP) is 4.12. The Bertz CT molecular complexity index is 835. The first-order valence-corrected chi connectivity index (χ1v) is 11.0. The molecular weight excluding hydrogens is 505 g/mol. The summed E-state index contributed by atoms with van der Waals surface area (Å²) in [6.45, 7) is 7.78. The number of carbonyl (C=O) groups is 1. The van der Waals surface area contributed by atoms with Gasteiger partial charge in [0, 0.05) is 38.2 Å². The number of halogens is 1. The molecule has 1 fully saturated rings. The molecule has 0 unspecified atom stereocenters. The molecule has 1 amide bonds. The third-order valence-corrected chi connectivity index (χ3v) is 5.16. The van der Waals surface area contributed by atoms with Gasteiger partial charge in [-0.05, 0) is 45.2 Å². The molecule has 2 aromatic rings. The maximum Gasteiger partial charge on any atom is 0.226 e. The summed E-state index contributed by atoms with van der Waals surface area (Å²) in [5.74, 6) is 1.66. The average molecular weight is 539 g/mol. The Morgan fingerprint density at radius 1 is 1.19 bits per heavy atom. The second-order valence-corrected chi connectivity index (χ2v) is 7.68. The van der Waals surface area contributed by atoms with Crippen LogP contribution in [0.1, 0.15) is 50.3 Å². The summed E-state index contributed by atoms with van der Waals surface area (Å²) in [4.78, 5) is 23.2. The Morgan fingerprint density at radius 2 is 2.00 bits per heavy atom. The first kappa shape index (κ1) is 25.2. The monoisotopic (exact) mass is 539 g/mol. The Kier molecular flexibility index (Phi) is 10.8. The molecule has 0 spiro atoms. The first-order chi connectivity index (χ1) is 14.7. The molecule has 0 bridgehead atoms. The molecule has 0 saturated carbocycles. The second-order valence-electron chi connectivity index (χ2n) is 7.68. The minimum absolute atomic E-state index is 0. The van der Waals surface area contributed by atoms with Crippen LogP contribution in [0.25, 0.3) is 11.5 Å². The van der Waals surface area contributed by atoms with Crippen molar-refractivity contribution in [3.63, 3.8) is 0 Å². The normalized spacial score (nSPS) is 14.7. The van der Waals surface area contributed by atoms with Crippen LogP contribution >= 0.6 is 24.0 Å². The van der Waals surface area contributed by atoms with E-state index in [1.165, 1.54) is 5.56 Å². The largest absolute Gasteiger partial charge is 0.444 e. The zero-order valence-electron chi connectivity index (χ0n) is 18.5. The highest BCUT2D eigenvalue weighted by atomic mass is 127. The first-order valence-electron chi connectivity index (χ1n) is 11.0. The summed E-state index contributed by atoms with van der Waals surface area (Å²) >= 11 is 0. The summed E-state index contributed by atoms with van der Waals surface area (Å²) < 4.78 is 5.61. The van der Waals surface area contributed by atoms with Gasteiger partial charge in [-0.25, -0.2) is 9.98 Å². The lowest BCUT2D eigenvalue weighted by atomic mass is 10.1. The highest BCUT2D eigenvalue weighted by Crippen LogP contribution is 2.19. The van der Waals surface area contributed by atoms with Crippen LogP contribution in [-0.4, -0.2) is 47.9 Å². The Labute approximate surface area is 202 Å². The highest BCUT2D eigenvalue weighted by Gasteiger charge is 2.15. The van der Waals surface area contributed by atoms with Gasteiger partial charge in [0.25, 0.3) is 0 Å². The minimum Gasteiger partial charge on any atom is -0.444 e. The van der Waals surface area contributed by atoms with Gasteiger partial charge in [-0.1, -0.05) is 24.1 Å². The van der Waals surface area contributed by atoms with E-state index in [0.717, 1.165) is 69.1 Å². The van der Waals surface area contributed by atoms with E-state index in [4.69, 9.17) is 4.42 Å². The van der Waals surface area contributed by atoms with Crippen molar-refractivity contribution >= 4 is 35.8 Å². The van der Waals surface area contributed by atoms with Crippen LogP contribution in [0.5, 0.6) is 0 Å². The Morgan fingerprint density at radius 3 is 2.77 bits per heavy atom. The SMILES string of the molecule is CCNC(=NCc1coc(-c2ccc(C)cc2)n1)NCCCN1CCCCCC1=O.I. The van der Waals surface area contributed by atoms with Crippen LogP contribution in [0.2, 0.25) is 0 Å². The van der Waals surface area contributed by atoms with Gasteiger partial charge in [-0.15, -0.1) is 24.0 Å². The quantitative estimate of drug-likeness (QED) is 0.228. The van der Waals surface area contributed by atoms with Crippen LogP contribution in [-0.2, 0) is 11.3 Å². The number of nitrogens with one attached hydrogen (secondary N) is 2. The van der Waals surface area contributed by atoms with Crippen LogP contribution in [0, 0.1) is 6.92 Å². The topological polar surface area (TPSA) is 82.8 Å². The van der Waals surface area contributed by atoms with Crippen molar-refractivity contribution in [2.24, 2.45) is 4.99 Å². The van der Waals surface area contributed by atoms with Gasteiger partial charge < -0.3 is 20.0 Å². The molecule has 0 atom stereocenters. The lowest BCUT2D eigenvalue weighted by molar-refractivity contribution is -0.130. The highest BCUT2D eigenvalue weighted by molar-refractivity contribution is 14.0. The van der Waals surface area contributed by atoms with Gasteiger partial charge in [0.15, 0.2) is 5.96 Å². The molecule has 1 aliphatic rings. The number of amides is 1. The summed E-state index contributed by atoms with van der Waals surface area (Å²) in [5, 5.41) is 6.60. The van der Waals surface area contributed by atoms with Crippen molar-refractivity contribution in [3.05, 3.63) is 41.8 Å². The van der Waals surface area contributed by atoms with E-state index < -0.39 is 0 Å². The van der Waals surface area contributed by atoms with Crippen molar-refractivity contribution in [2.45, 2.75) is 52.5 Å². The summed E-state index contributed by atoms with van der Waals surface area (Å²) in [6.07, 6.45) is 6.56. The molecule has 1 aromatic carbocycles. The van der Waals surface area contributed by atoms with Gasteiger partial charge >= 0.3 is 0 Å². The standard InChI is InChI=1S/C23H33N5O2.HI/c1-3-24-23(25-13-7-15-28-14-6-4-5-8-21(28)29)26-16-20-17-30-22(27-20)19-11-9-18(2)10-12-19;/h9-12,17H,3-8,13-16H2,1-2H3,(H2,24,25,26);1H. The van der Waals surface area contributed by atoms with E-state index in [9.17, 15) is 4.79 Å². The molecule has 8 heteroatoms. The van der Waals surface area contributed by atoms with E-state index in [1.54, 1.807) is 6.26 Å². The number of aryl methyl sites for hydroxylation is 1. The number of nitrogens with zero attached hydrogens (tertiary/aromatic N) is 3. The molecule has 1 saturated heterocycles. The van der Waals surface area contributed by atoms with Gasteiger partial charge in [0.2, 0.25) is 11.8 Å². The Balaban J connectivity index is 0.00000341. The molecule has 0 radical (unpaired) electrons. The van der Waals surface area contributed by atoms with E-state index in [0.29, 0.717) is 24.8 Å². The fraction of sp³-hybridized carbons (Fsp3) is 0.522. The van der Waals surface area contributed by atoms with Crippen LogP contribution in [0.3, 0.4) is 0 Å². The number of likely N-dealkylation sites (tertiary alicyclic amines) is 1. The number of rotatable bonds is 8. The molecule has 31 heavy (non-hydrogen) atoms. The number of carbonyl (C=O) groups excluding carboxylic acids is 1. The number of aliphatic imine (C=N–C) groups is 1. The van der Waals surface area contributed by atoms with E-state index in [1.807, 2.05) is 36.1 Å². The van der Waals surface area contributed by atoms with Gasteiger partial charge in [-0.3, -0.25) is 4.79 Å². The Hall–Kier alpha value is -2.10. The molecule has 0 aliphatic carbocycles. The van der Waals surface area contributed by atoms with Gasteiger partial charge in [0.05, 0.1) is 6.54 Å². The third kappa shape index (κ3) is 8.16. The van der Waals surface area contributed by atoms with E-state index >= 15 is 0 Å². The average Bonchev–Trinajstić information content (AvgIpc) is 3.13. The van der Waals surface area contributed by atoms with Crippen LogP contribution in [0.4, 0.5) is 0 Å². The van der Waals surface area contributed by atoms with Crippen molar-refractivity contribution < 1.29 is 9.21 Å². The van der Waals surface area contributed by atoms with Gasteiger partial charge in [-0.2, -0.15) is 0 Å². The fourth-order valence-electron chi connectivity index (χ4n) is 3.46. The molecule has 3 rings (SSSR count). The maximum absolute atomic E-state index is 12.1. The molecule has 170 valence electrons. The van der Waals surface area contributed by atoms with Gasteiger partial charge in [0.1, 0.15) is 12.0 Å². The predicted molar refractivity (Wildman–Crippen MR) is 135 cm³/mol. The summed E-state index contributed by atoms with van der Waals surface area (Å²) in [5.41, 5.74) is 2.96. The fourth-order valence-corrected chi connectivity index (χ4v) is 3.46. The van der Waals surface area contributed by atoms with E-state index in [-0.39, 0.29) is 24.0 Å². The number of oxazole rings is 1. The smallest absolute Gasteiger partial charge is 0.226 e. The maximum atomic E-state index is 12.1. The molecule has 1 aromatic heterocycles. The number of hydrogen-bond acceptors (Lipinski definition) is 4. The van der Waals surface area contributed by atoms with Crippen molar-refractivity contribution in [2.75, 3.05) is 26.2 Å². The zero-order valence-corrected chi connectivity index (χ0v) is 20.9. The second kappa shape index (κ2) is 13.3. The molecular formula is C23H34IN5O2. The van der Waals surface area contributed by atoms with Crippen molar-refractivity contribution in [3.8, 4) is 11.5 Å². The summed E-state index contributed by atoms with van der Waals surface area (Å²) in [7, 11) is 0. The number of hydrogen-bond donors (Lipinski definition) is 2. The lowest BCUT2D eigenvalue weighted by Crippen LogP contribution is -2.39. The van der Waals surface area contributed by atoms with Crippen molar-refractivity contribution in [1.82, 2.24) is 20.5 Å². The van der Waals surface area contributed by atoms with E-state index in [2.05, 4.69) is 27.5 Å². The number of guanidine groups is 1. The zero-order chi connectivity index (χ0) is 21.2. The number of aromatic nitrogens is 1. The van der Waals surface area contributed by atoms with Crippen molar-refractivity contribution in [1.29, 1.82) is 0 Å². The molecule has 2 N–H and O–H groups in total. The summed E-state index contributed by atoms with van der Waals surface area (Å²) in [6, 6.07) is 8.11. The minimum atomic E-state index is 0. The molecule has 1 aliphatic heterocycles. The lowest BCUT2D eigenvalue weighted by Gasteiger charge is -2.20.